The Hall–Kier alpha value is -2.95. The highest BCUT2D eigenvalue weighted by molar-refractivity contribution is 7.89. The largest absolute Gasteiger partial charge is 0.449 e. The van der Waals surface area contributed by atoms with E-state index in [1.165, 1.54) is 42.4 Å². The molecular weight excluding hydrogens is 470 g/mol. The van der Waals surface area contributed by atoms with E-state index in [2.05, 4.69) is 5.32 Å². The first kappa shape index (κ1) is 24.7. The van der Waals surface area contributed by atoms with E-state index in [0.717, 1.165) is 0 Å². The first-order valence-electron chi connectivity index (χ1n) is 10.2. The number of sulfonamides is 1. The molecule has 0 bridgehead atoms. The number of rotatable bonds is 6. The number of amides is 2. The van der Waals surface area contributed by atoms with E-state index in [0.29, 0.717) is 23.8 Å². The maximum absolute atomic E-state index is 13.0. The summed E-state index contributed by atoms with van der Waals surface area (Å²) in [5.74, 6) is -1.52. The maximum atomic E-state index is 13.0. The van der Waals surface area contributed by atoms with Gasteiger partial charge in [-0.15, -0.1) is 0 Å². The van der Waals surface area contributed by atoms with Crippen molar-refractivity contribution in [2.24, 2.45) is 0 Å². The predicted molar refractivity (Wildman–Crippen MR) is 122 cm³/mol. The third-order valence-corrected chi connectivity index (χ3v) is 7.40. The van der Waals surface area contributed by atoms with Gasteiger partial charge >= 0.3 is 5.97 Å². The summed E-state index contributed by atoms with van der Waals surface area (Å²) in [5.41, 5.74) is 0.376. The molecule has 1 aliphatic rings. The van der Waals surface area contributed by atoms with Crippen LogP contribution in [0.1, 0.15) is 24.2 Å². The number of ether oxygens (including phenoxy) is 1. The van der Waals surface area contributed by atoms with Gasteiger partial charge in [0.25, 0.3) is 5.91 Å². The van der Waals surface area contributed by atoms with Gasteiger partial charge in [-0.1, -0.05) is 29.8 Å². The van der Waals surface area contributed by atoms with Crippen molar-refractivity contribution in [3.8, 4) is 0 Å². The highest BCUT2D eigenvalue weighted by Gasteiger charge is 2.30. The Morgan fingerprint density at radius 3 is 2.33 bits per heavy atom. The zero-order valence-electron chi connectivity index (χ0n) is 18.2. The molecule has 0 radical (unpaired) electrons. The van der Waals surface area contributed by atoms with Crippen LogP contribution >= 0.6 is 11.6 Å². The average molecular weight is 494 g/mol. The lowest BCUT2D eigenvalue weighted by Crippen LogP contribution is -2.49. The molecule has 0 aromatic heterocycles. The molecule has 0 aliphatic carbocycles. The zero-order valence-corrected chi connectivity index (χ0v) is 19.7. The van der Waals surface area contributed by atoms with E-state index in [4.69, 9.17) is 16.3 Å². The molecule has 2 amide bonds. The van der Waals surface area contributed by atoms with Gasteiger partial charge in [0.2, 0.25) is 15.9 Å². The van der Waals surface area contributed by atoms with Gasteiger partial charge in [-0.25, -0.2) is 13.2 Å². The van der Waals surface area contributed by atoms with Crippen LogP contribution in [-0.4, -0.2) is 67.7 Å². The molecule has 9 nitrogen and oxygen atoms in total. The molecule has 1 aliphatic heterocycles. The van der Waals surface area contributed by atoms with Crippen molar-refractivity contribution in [1.29, 1.82) is 0 Å². The van der Waals surface area contributed by atoms with Crippen LogP contribution in [0, 0.1) is 0 Å². The number of benzene rings is 2. The van der Waals surface area contributed by atoms with Crippen molar-refractivity contribution in [1.82, 2.24) is 9.21 Å². The Morgan fingerprint density at radius 1 is 1.03 bits per heavy atom. The smallest absolute Gasteiger partial charge is 0.338 e. The van der Waals surface area contributed by atoms with E-state index in [1.807, 2.05) is 0 Å². The topological polar surface area (TPSA) is 113 Å². The minimum atomic E-state index is -3.86. The molecule has 1 atom stereocenters. The number of piperazine rings is 1. The van der Waals surface area contributed by atoms with Gasteiger partial charge in [0, 0.05) is 33.1 Å². The standard InChI is InChI=1S/C22H24ClN3O6S/c1-15(21(28)24-20-9-4-3-8-19(20)23)32-22(29)17-6-5-7-18(14-17)33(30,31)26-12-10-25(11-13-26)16(2)27/h3-9,14-15H,10-13H2,1-2H3,(H,24,28). The molecule has 1 unspecified atom stereocenters. The highest BCUT2D eigenvalue weighted by atomic mass is 35.5. The Balaban J connectivity index is 1.67. The normalized spacial score (nSPS) is 15.5. The lowest BCUT2D eigenvalue weighted by Gasteiger charge is -2.33. The first-order chi connectivity index (χ1) is 15.6. The van der Waals surface area contributed by atoms with Gasteiger partial charge < -0.3 is 15.0 Å². The highest BCUT2D eigenvalue weighted by Crippen LogP contribution is 2.22. The summed E-state index contributed by atoms with van der Waals surface area (Å²) in [6.07, 6.45) is -1.14. The fourth-order valence-corrected chi connectivity index (χ4v) is 4.91. The van der Waals surface area contributed by atoms with E-state index in [-0.39, 0.29) is 29.5 Å². The van der Waals surface area contributed by atoms with Crippen LogP contribution in [0.2, 0.25) is 5.02 Å². The maximum Gasteiger partial charge on any atom is 0.338 e. The zero-order chi connectivity index (χ0) is 24.2. The van der Waals surface area contributed by atoms with Crippen LogP contribution in [0.15, 0.2) is 53.4 Å². The molecule has 176 valence electrons. The van der Waals surface area contributed by atoms with Crippen molar-refractivity contribution in [3.63, 3.8) is 0 Å². The molecule has 33 heavy (non-hydrogen) atoms. The fourth-order valence-electron chi connectivity index (χ4n) is 3.26. The van der Waals surface area contributed by atoms with Gasteiger partial charge in [-0.3, -0.25) is 9.59 Å². The molecule has 1 saturated heterocycles. The van der Waals surface area contributed by atoms with Gasteiger partial charge in [0.15, 0.2) is 6.10 Å². The molecule has 11 heteroatoms. The minimum Gasteiger partial charge on any atom is -0.449 e. The summed E-state index contributed by atoms with van der Waals surface area (Å²) in [6.45, 7) is 3.77. The second kappa shape index (κ2) is 10.3. The van der Waals surface area contributed by atoms with Crippen LogP contribution in [-0.2, 0) is 24.3 Å². The van der Waals surface area contributed by atoms with Crippen molar-refractivity contribution in [3.05, 3.63) is 59.1 Å². The summed E-state index contributed by atoms with van der Waals surface area (Å²) in [6, 6.07) is 12.1. The predicted octanol–water partition coefficient (Wildman–Crippen LogP) is 2.38. The Morgan fingerprint density at radius 2 is 1.70 bits per heavy atom. The second-order valence-corrected chi connectivity index (χ2v) is 9.80. The number of esters is 1. The van der Waals surface area contributed by atoms with Crippen LogP contribution in [0.3, 0.4) is 0 Å². The van der Waals surface area contributed by atoms with E-state index in [9.17, 15) is 22.8 Å². The van der Waals surface area contributed by atoms with Crippen molar-refractivity contribution in [2.75, 3.05) is 31.5 Å². The van der Waals surface area contributed by atoms with Gasteiger partial charge in [-0.2, -0.15) is 4.31 Å². The number of halogens is 1. The van der Waals surface area contributed by atoms with E-state index >= 15 is 0 Å². The minimum absolute atomic E-state index is 0.00385. The lowest BCUT2D eigenvalue weighted by molar-refractivity contribution is -0.130. The molecule has 1 N–H and O–H groups in total. The van der Waals surface area contributed by atoms with E-state index < -0.39 is 28.0 Å². The first-order valence-corrected chi connectivity index (χ1v) is 12.0. The monoisotopic (exact) mass is 493 g/mol. The number of carbonyl (C=O) groups excluding carboxylic acids is 3. The van der Waals surface area contributed by atoms with Crippen LogP contribution in [0.4, 0.5) is 5.69 Å². The molecule has 0 saturated carbocycles. The van der Waals surface area contributed by atoms with Crippen LogP contribution in [0.5, 0.6) is 0 Å². The molecule has 1 heterocycles. The van der Waals surface area contributed by atoms with Crippen molar-refractivity contribution in [2.45, 2.75) is 24.8 Å². The van der Waals surface area contributed by atoms with Crippen LogP contribution in [0.25, 0.3) is 0 Å². The van der Waals surface area contributed by atoms with E-state index in [1.54, 1.807) is 29.2 Å². The third kappa shape index (κ3) is 5.89. The van der Waals surface area contributed by atoms with Crippen LogP contribution < -0.4 is 5.32 Å². The number of carbonyl (C=O) groups is 3. The summed E-state index contributed by atoms with van der Waals surface area (Å²) in [5, 5.41) is 2.92. The number of nitrogens with zero attached hydrogens (tertiary/aromatic N) is 2. The molecule has 2 aromatic rings. The van der Waals surface area contributed by atoms with Crippen molar-refractivity contribution >= 4 is 45.1 Å². The quantitative estimate of drug-likeness (QED) is 0.618. The number of nitrogens with one attached hydrogen (secondary N) is 1. The molecule has 2 aromatic carbocycles. The molecule has 0 spiro atoms. The SMILES string of the molecule is CC(=O)N1CCN(S(=O)(=O)c2cccc(C(=O)OC(C)C(=O)Nc3ccccc3Cl)c2)CC1. The second-order valence-electron chi connectivity index (χ2n) is 7.45. The summed E-state index contributed by atoms with van der Waals surface area (Å²) in [7, 11) is -3.86. The fraction of sp³-hybridized carbons (Fsp3) is 0.318. The van der Waals surface area contributed by atoms with Crippen molar-refractivity contribution < 1.29 is 27.5 Å². The summed E-state index contributed by atoms with van der Waals surface area (Å²) < 4.78 is 32.5. The molecular formula is C22H24ClN3O6S. The van der Waals surface area contributed by atoms with Gasteiger partial charge in [0.1, 0.15) is 0 Å². The van der Waals surface area contributed by atoms with Gasteiger partial charge in [0.05, 0.1) is 21.2 Å². The Labute approximate surface area is 197 Å². The molecule has 1 fully saturated rings. The summed E-state index contributed by atoms with van der Waals surface area (Å²) >= 11 is 6.02. The lowest BCUT2D eigenvalue weighted by atomic mass is 10.2. The number of anilines is 1. The summed E-state index contributed by atoms with van der Waals surface area (Å²) in [4.78, 5) is 37.9. The Kier molecular flexibility index (Phi) is 7.72. The van der Waals surface area contributed by atoms with Gasteiger partial charge in [-0.05, 0) is 37.3 Å². The number of hydrogen-bond acceptors (Lipinski definition) is 6. The average Bonchev–Trinajstić information content (AvgIpc) is 2.80. The number of para-hydroxylation sites is 1. The third-order valence-electron chi connectivity index (χ3n) is 5.18. The molecule has 3 rings (SSSR count). The Bertz CT molecular complexity index is 1160. The number of hydrogen-bond donors (Lipinski definition) is 1.